The van der Waals surface area contributed by atoms with E-state index in [0.29, 0.717) is 0 Å². The minimum atomic E-state index is -4.49. The van der Waals surface area contributed by atoms with E-state index in [0.717, 1.165) is 26.2 Å². The molecule has 21 heavy (non-hydrogen) atoms. The second kappa shape index (κ2) is 7.84. The molecule has 1 amide bonds. The average Bonchev–Trinajstić information content (AvgIpc) is 2.37. The molecule has 1 unspecified atom stereocenters. The minimum absolute atomic E-state index is 0.0946. The Hall–Kier alpha value is -1.02. The zero-order chi connectivity index (χ0) is 16.0. The van der Waals surface area contributed by atoms with Crippen molar-refractivity contribution >= 4 is 6.09 Å². The summed E-state index contributed by atoms with van der Waals surface area (Å²) in [6.07, 6.45) is -5.52. The highest BCUT2D eigenvalue weighted by molar-refractivity contribution is 5.67. The van der Waals surface area contributed by atoms with Gasteiger partial charge >= 0.3 is 12.3 Å². The van der Waals surface area contributed by atoms with E-state index in [1.165, 1.54) is 0 Å². The largest absolute Gasteiger partial charge is 0.440 e. The minimum Gasteiger partial charge on any atom is -0.440 e. The van der Waals surface area contributed by atoms with E-state index in [1.807, 2.05) is 13.8 Å². The fraction of sp³-hybridized carbons (Fsp3) is 0.923. The van der Waals surface area contributed by atoms with Gasteiger partial charge in [-0.25, -0.2) is 4.79 Å². The molecule has 0 aromatic rings. The normalized spacial score (nSPS) is 19.6. The third-order valence-corrected chi connectivity index (χ3v) is 3.60. The van der Waals surface area contributed by atoms with E-state index >= 15 is 0 Å². The van der Waals surface area contributed by atoms with Crippen LogP contribution in [0, 0.1) is 5.92 Å². The van der Waals surface area contributed by atoms with Gasteiger partial charge in [0.1, 0.15) is 0 Å². The van der Waals surface area contributed by atoms with Gasteiger partial charge < -0.3 is 15.0 Å². The molecule has 0 radical (unpaired) electrons. The van der Waals surface area contributed by atoms with Crippen LogP contribution in [0.5, 0.6) is 0 Å². The average molecular weight is 311 g/mol. The monoisotopic (exact) mass is 311 g/mol. The number of amides is 1. The molecule has 0 saturated carbocycles. The molecule has 8 heteroatoms. The molecular formula is C13H24F3N3O2. The predicted molar refractivity (Wildman–Crippen MR) is 73.1 cm³/mol. The maximum absolute atomic E-state index is 12.0. The summed E-state index contributed by atoms with van der Waals surface area (Å²) in [5, 5.41) is 2.43. The third-order valence-electron chi connectivity index (χ3n) is 3.60. The number of carbonyl (C=O) groups is 1. The highest BCUT2D eigenvalue weighted by Gasteiger charge is 2.30. The van der Waals surface area contributed by atoms with Gasteiger partial charge in [-0.3, -0.25) is 4.90 Å². The molecule has 124 valence electrons. The first-order valence-corrected chi connectivity index (χ1v) is 7.09. The Kier molecular flexibility index (Phi) is 6.73. The van der Waals surface area contributed by atoms with Crippen molar-refractivity contribution in [2.24, 2.45) is 5.92 Å². The molecule has 0 bridgehead atoms. The molecule has 0 aromatic carbocycles. The standard InChI is InChI=1S/C13H24F3N3O2/c1-10(2)11(19-6-4-18(3)5-7-19)8-17-12(20)21-9-13(14,15)16/h10-11H,4-9H2,1-3H3,(H,17,20). The molecule has 1 atom stereocenters. The first-order chi connectivity index (χ1) is 9.69. The summed E-state index contributed by atoms with van der Waals surface area (Å²) in [6.45, 7) is 6.47. The number of hydrogen-bond donors (Lipinski definition) is 1. The molecular weight excluding hydrogens is 287 g/mol. The maximum Gasteiger partial charge on any atom is 0.422 e. The van der Waals surface area contributed by atoms with Gasteiger partial charge in [-0.2, -0.15) is 13.2 Å². The summed E-state index contributed by atoms with van der Waals surface area (Å²) < 4.78 is 40.0. The van der Waals surface area contributed by atoms with E-state index in [-0.39, 0.29) is 18.5 Å². The van der Waals surface area contributed by atoms with E-state index < -0.39 is 18.9 Å². The van der Waals surface area contributed by atoms with Crippen molar-refractivity contribution in [1.29, 1.82) is 0 Å². The zero-order valence-electron chi connectivity index (χ0n) is 12.7. The first kappa shape index (κ1) is 18.0. The molecule has 5 nitrogen and oxygen atoms in total. The van der Waals surface area contributed by atoms with Crippen LogP contribution in [0.25, 0.3) is 0 Å². The van der Waals surface area contributed by atoms with Gasteiger partial charge in [0.2, 0.25) is 0 Å². The Bertz CT molecular complexity index is 329. The number of nitrogens with one attached hydrogen (secondary N) is 1. The SMILES string of the molecule is CC(C)C(CNC(=O)OCC(F)(F)F)N1CCN(C)CC1. The first-order valence-electron chi connectivity index (χ1n) is 7.09. The molecule has 1 aliphatic rings. The number of halogens is 3. The van der Waals surface area contributed by atoms with Crippen molar-refractivity contribution in [2.75, 3.05) is 46.4 Å². The number of ether oxygens (including phenoxy) is 1. The van der Waals surface area contributed by atoms with Gasteiger partial charge in [0.15, 0.2) is 6.61 Å². The van der Waals surface area contributed by atoms with Gasteiger partial charge in [0.25, 0.3) is 0 Å². The Balaban J connectivity index is 2.39. The molecule has 0 spiro atoms. The third kappa shape index (κ3) is 6.99. The van der Waals surface area contributed by atoms with Crippen LogP contribution in [0.2, 0.25) is 0 Å². The number of alkyl halides is 3. The number of carbonyl (C=O) groups excluding carboxylic acids is 1. The Morgan fingerprint density at radius 2 is 1.81 bits per heavy atom. The van der Waals surface area contributed by atoms with E-state index in [1.54, 1.807) is 0 Å². The molecule has 0 aliphatic carbocycles. The number of nitrogens with zero attached hydrogens (tertiary/aromatic N) is 2. The van der Waals surface area contributed by atoms with Crippen LogP contribution in [-0.4, -0.2) is 74.5 Å². The van der Waals surface area contributed by atoms with Crippen LogP contribution in [0.3, 0.4) is 0 Å². The van der Waals surface area contributed by atoms with E-state index in [2.05, 4.69) is 26.9 Å². The number of likely N-dealkylation sites (N-methyl/N-ethyl adjacent to an activating group) is 1. The van der Waals surface area contributed by atoms with Crippen LogP contribution in [0.15, 0.2) is 0 Å². The van der Waals surface area contributed by atoms with Crippen molar-refractivity contribution in [3.8, 4) is 0 Å². The lowest BCUT2D eigenvalue weighted by atomic mass is 10.0. The lowest BCUT2D eigenvalue weighted by molar-refractivity contribution is -0.160. The molecule has 1 fully saturated rings. The highest BCUT2D eigenvalue weighted by Crippen LogP contribution is 2.15. The molecule has 1 rings (SSSR count). The highest BCUT2D eigenvalue weighted by atomic mass is 19.4. The van der Waals surface area contributed by atoms with Gasteiger partial charge in [-0.05, 0) is 13.0 Å². The summed E-state index contributed by atoms with van der Waals surface area (Å²) in [4.78, 5) is 15.8. The maximum atomic E-state index is 12.0. The molecule has 1 saturated heterocycles. The van der Waals surface area contributed by atoms with E-state index in [9.17, 15) is 18.0 Å². The zero-order valence-corrected chi connectivity index (χ0v) is 12.7. The molecule has 1 aliphatic heterocycles. The molecule has 0 aromatic heterocycles. The van der Waals surface area contributed by atoms with Crippen molar-refractivity contribution in [3.05, 3.63) is 0 Å². The van der Waals surface area contributed by atoms with Crippen molar-refractivity contribution in [2.45, 2.75) is 26.1 Å². The summed E-state index contributed by atoms with van der Waals surface area (Å²) in [5.41, 5.74) is 0. The number of piperazine rings is 1. The predicted octanol–water partition coefficient (Wildman–Crippen LogP) is 1.55. The second-order valence-corrected chi connectivity index (χ2v) is 5.72. The fourth-order valence-electron chi connectivity index (χ4n) is 2.33. The van der Waals surface area contributed by atoms with Crippen molar-refractivity contribution < 1.29 is 22.7 Å². The summed E-state index contributed by atoms with van der Waals surface area (Å²) in [6, 6.07) is 0.0946. The van der Waals surface area contributed by atoms with Crippen LogP contribution in [0.4, 0.5) is 18.0 Å². The fourth-order valence-corrected chi connectivity index (χ4v) is 2.33. The van der Waals surface area contributed by atoms with Crippen LogP contribution in [0.1, 0.15) is 13.8 Å². The lowest BCUT2D eigenvalue weighted by Gasteiger charge is -2.39. The Morgan fingerprint density at radius 1 is 1.24 bits per heavy atom. The van der Waals surface area contributed by atoms with Crippen LogP contribution in [-0.2, 0) is 4.74 Å². The van der Waals surface area contributed by atoms with E-state index in [4.69, 9.17) is 0 Å². The summed E-state index contributed by atoms with van der Waals surface area (Å²) in [7, 11) is 2.05. The smallest absolute Gasteiger partial charge is 0.422 e. The second-order valence-electron chi connectivity index (χ2n) is 5.72. The molecule has 1 N–H and O–H groups in total. The quantitative estimate of drug-likeness (QED) is 0.837. The molecule has 1 heterocycles. The number of rotatable bonds is 5. The summed E-state index contributed by atoms with van der Waals surface area (Å²) >= 11 is 0. The lowest BCUT2D eigenvalue weighted by Crippen LogP contribution is -2.54. The van der Waals surface area contributed by atoms with Gasteiger partial charge in [-0.1, -0.05) is 13.8 Å². The summed E-state index contributed by atoms with van der Waals surface area (Å²) in [5.74, 6) is 0.288. The van der Waals surface area contributed by atoms with Crippen LogP contribution < -0.4 is 5.32 Å². The number of hydrogen-bond acceptors (Lipinski definition) is 4. The Labute approximate surface area is 123 Å². The number of alkyl carbamates (subject to hydrolysis) is 1. The van der Waals surface area contributed by atoms with Gasteiger partial charge in [0, 0.05) is 38.8 Å². The topological polar surface area (TPSA) is 44.8 Å². The van der Waals surface area contributed by atoms with Crippen LogP contribution >= 0.6 is 0 Å². The van der Waals surface area contributed by atoms with Gasteiger partial charge in [0.05, 0.1) is 0 Å². The van der Waals surface area contributed by atoms with Crippen molar-refractivity contribution in [3.63, 3.8) is 0 Å². The van der Waals surface area contributed by atoms with Gasteiger partial charge in [-0.15, -0.1) is 0 Å². The van der Waals surface area contributed by atoms with Crippen molar-refractivity contribution in [1.82, 2.24) is 15.1 Å². The Morgan fingerprint density at radius 3 is 2.29 bits per heavy atom.